The van der Waals surface area contributed by atoms with Gasteiger partial charge in [0.15, 0.2) is 15.6 Å². The zero-order valence-corrected chi connectivity index (χ0v) is 13.5. The van der Waals surface area contributed by atoms with E-state index in [1.807, 2.05) is 26.8 Å². The van der Waals surface area contributed by atoms with E-state index in [2.05, 4.69) is 0 Å². The first kappa shape index (κ1) is 15.3. The summed E-state index contributed by atoms with van der Waals surface area (Å²) in [6.07, 6.45) is 0. The molecule has 3 nitrogen and oxygen atoms in total. The third-order valence-corrected chi connectivity index (χ3v) is 6.84. The molecule has 0 N–H and O–H groups in total. The summed E-state index contributed by atoms with van der Waals surface area (Å²) in [4.78, 5) is 12.7. The number of hydrogen-bond acceptors (Lipinski definition) is 4. The quantitative estimate of drug-likeness (QED) is 0.621. The molecular weight excluding hydrogens is 292 g/mol. The van der Waals surface area contributed by atoms with Crippen molar-refractivity contribution in [2.24, 2.45) is 5.41 Å². The van der Waals surface area contributed by atoms with Gasteiger partial charge in [0, 0.05) is 16.9 Å². The minimum atomic E-state index is -3.30. The summed E-state index contributed by atoms with van der Waals surface area (Å²) in [6, 6.07) is 8.85. The summed E-state index contributed by atoms with van der Waals surface area (Å²) in [5, 5.41) is 0. The zero-order chi connectivity index (χ0) is 15.0. The summed E-state index contributed by atoms with van der Waals surface area (Å²) in [6.45, 7) is 5.64. The molecule has 0 unspecified atom stereocenters. The molecule has 0 spiro atoms. The van der Waals surface area contributed by atoms with Crippen molar-refractivity contribution in [3.05, 3.63) is 45.7 Å². The van der Waals surface area contributed by atoms with E-state index in [1.165, 1.54) is 11.8 Å². The highest BCUT2D eigenvalue weighted by molar-refractivity contribution is 8.21. The van der Waals surface area contributed by atoms with Crippen molar-refractivity contribution < 1.29 is 13.2 Å². The van der Waals surface area contributed by atoms with Gasteiger partial charge in [-0.3, -0.25) is 4.79 Å². The number of Topliss-reactive ketones (excluding diaryl/α,β-unsaturated/α-hetero) is 1. The highest BCUT2D eigenvalue weighted by atomic mass is 32.3. The maximum Gasteiger partial charge on any atom is 0.191 e. The summed E-state index contributed by atoms with van der Waals surface area (Å²) in [7, 11) is -3.30. The van der Waals surface area contributed by atoms with Crippen LogP contribution < -0.4 is 0 Å². The van der Waals surface area contributed by atoms with Crippen molar-refractivity contribution in [2.45, 2.75) is 20.8 Å². The van der Waals surface area contributed by atoms with Gasteiger partial charge in [-0.1, -0.05) is 51.1 Å². The topological polar surface area (TPSA) is 51.2 Å². The molecule has 1 aromatic carbocycles. The molecule has 1 aliphatic heterocycles. The average molecular weight is 310 g/mol. The zero-order valence-electron chi connectivity index (χ0n) is 11.8. The van der Waals surface area contributed by atoms with Gasteiger partial charge in [-0.15, -0.1) is 11.8 Å². The molecule has 20 heavy (non-hydrogen) atoms. The average Bonchev–Trinajstić information content (AvgIpc) is 2.69. The van der Waals surface area contributed by atoms with Gasteiger partial charge in [-0.2, -0.15) is 0 Å². The smallest absolute Gasteiger partial charge is 0.191 e. The molecule has 0 atom stereocenters. The fraction of sp³-hybridized carbons (Fsp3) is 0.400. The Bertz CT molecular complexity index is 650. The van der Waals surface area contributed by atoms with E-state index in [-0.39, 0.29) is 15.8 Å². The van der Waals surface area contributed by atoms with Gasteiger partial charge in [0.25, 0.3) is 0 Å². The van der Waals surface area contributed by atoms with E-state index in [0.29, 0.717) is 16.9 Å². The van der Waals surface area contributed by atoms with E-state index in [4.69, 9.17) is 0 Å². The van der Waals surface area contributed by atoms with Crippen molar-refractivity contribution in [3.63, 3.8) is 0 Å². The lowest BCUT2D eigenvalue weighted by molar-refractivity contribution is 0.101. The first-order chi connectivity index (χ1) is 9.23. The Balaban J connectivity index is 2.62. The Kier molecular flexibility index (Phi) is 4.12. The third kappa shape index (κ3) is 2.99. The highest BCUT2D eigenvalue weighted by Crippen LogP contribution is 2.41. The molecule has 0 radical (unpaired) electrons. The molecule has 1 fully saturated rings. The van der Waals surface area contributed by atoms with E-state index in [1.54, 1.807) is 24.3 Å². The molecule has 0 amide bonds. The van der Waals surface area contributed by atoms with Crippen LogP contribution in [0.4, 0.5) is 0 Å². The van der Waals surface area contributed by atoms with Crippen molar-refractivity contribution in [1.29, 1.82) is 0 Å². The number of sulfone groups is 1. The highest BCUT2D eigenvalue weighted by Gasteiger charge is 2.37. The summed E-state index contributed by atoms with van der Waals surface area (Å²) in [5.41, 5.74) is 0.436. The summed E-state index contributed by atoms with van der Waals surface area (Å²) >= 11 is 1.28. The SMILES string of the molecule is CC(C)(C)/C(C(=O)c1ccccc1)=C1/SCCS1(=O)=O. The minimum Gasteiger partial charge on any atom is -0.289 e. The van der Waals surface area contributed by atoms with Gasteiger partial charge in [0.1, 0.15) is 4.24 Å². The number of thioether (sulfide) groups is 1. The number of carbonyl (C=O) groups is 1. The van der Waals surface area contributed by atoms with E-state index < -0.39 is 15.3 Å². The molecule has 1 heterocycles. The number of carbonyl (C=O) groups excluding carboxylic acids is 1. The van der Waals surface area contributed by atoms with Crippen LogP contribution in [0.15, 0.2) is 40.1 Å². The Morgan fingerprint density at radius 3 is 2.20 bits per heavy atom. The van der Waals surface area contributed by atoms with Crippen LogP contribution in [0.2, 0.25) is 0 Å². The van der Waals surface area contributed by atoms with Crippen LogP contribution in [0.25, 0.3) is 0 Å². The van der Waals surface area contributed by atoms with Gasteiger partial charge in [-0.25, -0.2) is 8.42 Å². The standard InChI is InChI=1S/C15H18O3S2/c1-15(2,3)12(14-19-9-10-20(14,17)18)13(16)11-7-5-4-6-8-11/h4-8H,9-10H2,1-3H3/b14-12-. The lowest BCUT2D eigenvalue weighted by atomic mass is 9.83. The van der Waals surface area contributed by atoms with Gasteiger partial charge < -0.3 is 0 Å². The molecule has 0 saturated carbocycles. The first-order valence-electron chi connectivity index (χ1n) is 6.43. The summed E-state index contributed by atoms with van der Waals surface area (Å²) in [5.74, 6) is 0.458. The normalized spacial score (nSPS) is 20.8. The van der Waals surface area contributed by atoms with Crippen LogP contribution in [0.5, 0.6) is 0 Å². The monoisotopic (exact) mass is 310 g/mol. The van der Waals surface area contributed by atoms with Crippen LogP contribution in [-0.2, 0) is 9.84 Å². The van der Waals surface area contributed by atoms with E-state index in [9.17, 15) is 13.2 Å². The maximum atomic E-state index is 12.7. The van der Waals surface area contributed by atoms with Crippen molar-refractivity contribution >= 4 is 27.4 Å². The molecule has 0 aliphatic carbocycles. The van der Waals surface area contributed by atoms with Crippen molar-refractivity contribution in [2.75, 3.05) is 11.5 Å². The second kappa shape index (κ2) is 5.37. The molecule has 0 aromatic heterocycles. The molecule has 5 heteroatoms. The fourth-order valence-electron chi connectivity index (χ4n) is 2.13. The van der Waals surface area contributed by atoms with Gasteiger partial charge in [-0.05, 0) is 5.41 Å². The van der Waals surface area contributed by atoms with Crippen LogP contribution >= 0.6 is 11.8 Å². The van der Waals surface area contributed by atoms with E-state index >= 15 is 0 Å². The largest absolute Gasteiger partial charge is 0.289 e. The lowest BCUT2D eigenvalue weighted by Crippen LogP contribution is -2.21. The van der Waals surface area contributed by atoms with Gasteiger partial charge in [0.05, 0.1) is 5.75 Å². The Morgan fingerprint density at radius 1 is 1.15 bits per heavy atom. The van der Waals surface area contributed by atoms with Crippen molar-refractivity contribution in [1.82, 2.24) is 0 Å². The molecule has 0 bridgehead atoms. The predicted octanol–water partition coefficient (Wildman–Crippen LogP) is 3.29. The number of benzene rings is 1. The second-order valence-corrected chi connectivity index (χ2v) is 9.18. The van der Waals surface area contributed by atoms with E-state index in [0.717, 1.165) is 0 Å². The summed E-state index contributed by atoms with van der Waals surface area (Å²) < 4.78 is 24.6. The number of hydrogen-bond donors (Lipinski definition) is 0. The van der Waals surface area contributed by atoms with Crippen molar-refractivity contribution in [3.8, 4) is 0 Å². The number of allylic oxidation sites excluding steroid dienone is 1. The van der Waals surface area contributed by atoms with Gasteiger partial charge >= 0.3 is 0 Å². The Morgan fingerprint density at radius 2 is 1.75 bits per heavy atom. The number of ketones is 1. The Hall–Kier alpha value is -1.07. The Labute approximate surface area is 124 Å². The maximum absolute atomic E-state index is 12.7. The first-order valence-corrected chi connectivity index (χ1v) is 9.07. The van der Waals surface area contributed by atoms with Crippen LogP contribution in [0.3, 0.4) is 0 Å². The van der Waals surface area contributed by atoms with Crippen LogP contribution in [-0.4, -0.2) is 25.7 Å². The molecule has 108 valence electrons. The molecule has 1 aromatic rings. The van der Waals surface area contributed by atoms with Crippen LogP contribution in [0, 0.1) is 5.41 Å². The lowest BCUT2D eigenvalue weighted by Gasteiger charge is -2.23. The second-order valence-electron chi connectivity index (χ2n) is 5.77. The minimum absolute atomic E-state index is 0.120. The molecule has 2 rings (SSSR count). The third-order valence-electron chi connectivity index (χ3n) is 3.08. The molecular formula is C15H18O3S2. The van der Waals surface area contributed by atoms with Gasteiger partial charge in [0.2, 0.25) is 0 Å². The predicted molar refractivity (Wildman–Crippen MR) is 83.5 cm³/mol. The number of rotatable bonds is 2. The fourth-order valence-corrected chi connectivity index (χ4v) is 6.18. The molecule has 1 saturated heterocycles. The molecule has 1 aliphatic rings. The van der Waals surface area contributed by atoms with Crippen LogP contribution in [0.1, 0.15) is 31.1 Å².